The quantitative estimate of drug-likeness (QED) is 0.449. The number of rotatable bonds is 8. The van der Waals surface area contributed by atoms with Crippen molar-refractivity contribution in [2.24, 2.45) is 5.92 Å². The molecular weight excluding hydrogens is 399 g/mol. The van der Waals surface area contributed by atoms with Crippen LogP contribution in [0.3, 0.4) is 0 Å². The third-order valence-electron chi connectivity index (χ3n) is 5.72. The molecule has 1 saturated carbocycles. The van der Waals surface area contributed by atoms with Crippen LogP contribution in [0.4, 0.5) is 15.3 Å². The van der Waals surface area contributed by atoms with Gasteiger partial charge < -0.3 is 15.4 Å². The number of ether oxygens (including phenoxy) is 1. The molecule has 0 aromatic heterocycles. The third-order valence-corrected chi connectivity index (χ3v) is 6.17. The number of carbonyl (C=O) groups excluding carboxylic acids is 1. The Morgan fingerprint density at radius 3 is 2.37 bits per heavy atom. The number of nitrogens with one attached hydrogen (secondary N) is 2. The molecule has 0 aliphatic heterocycles. The summed E-state index contributed by atoms with van der Waals surface area (Å²) >= 11 is 0.226. The average Bonchev–Trinajstić information content (AvgIpc) is 2.77. The highest BCUT2D eigenvalue weighted by molar-refractivity contribution is 7.94. The molecule has 0 unspecified atom stereocenters. The number of carbonyl (C=O) groups is 1. The van der Waals surface area contributed by atoms with Crippen LogP contribution in [0.2, 0.25) is 0 Å². The second-order valence-corrected chi connectivity index (χ2v) is 8.51. The zero-order valence-corrected chi connectivity index (χ0v) is 18.4. The van der Waals surface area contributed by atoms with Gasteiger partial charge in [0.25, 0.3) is 0 Å². The highest BCUT2D eigenvalue weighted by Gasteiger charge is 2.17. The van der Waals surface area contributed by atoms with Crippen LogP contribution in [0.15, 0.2) is 47.4 Å². The molecule has 0 atom stereocenters. The number of hydrogen-bond donors (Lipinski definition) is 2. The van der Waals surface area contributed by atoms with E-state index in [0.717, 1.165) is 29.8 Å². The van der Waals surface area contributed by atoms with Gasteiger partial charge in [-0.15, -0.1) is 0 Å². The monoisotopic (exact) mass is 430 g/mol. The molecule has 3 rings (SSSR count). The molecule has 0 amide bonds. The predicted molar refractivity (Wildman–Crippen MR) is 123 cm³/mol. The Bertz CT molecular complexity index is 805. The van der Waals surface area contributed by atoms with Crippen molar-refractivity contribution in [3.8, 4) is 0 Å². The molecule has 2 aromatic rings. The van der Waals surface area contributed by atoms with Gasteiger partial charge in [-0.25, -0.2) is 4.79 Å². The van der Waals surface area contributed by atoms with E-state index in [1.54, 1.807) is 12.1 Å². The van der Waals surface area contributed by atoms with Gasteiger partial charge >= 0.3 is 5.97 Å². The van der Waals surface area contributed by atoms with Crippen molar-refractivity contribution in [3.05, 3.63) is 53.6 Å². The van der Waals surface area contributed by atoms with Crippen LogP contribution >= 0.6 is 12.1 Å². The van der Waals surface area contributed by atoms with E-state index in [1.165, 1.54) is 32.1 Å². The normalized spacial score (nSPS) is 15.1. The van der Waals surface area contributed by atoms with Gasteiger partial charge in [0.15, 0.2) is 0 Å². The first kappa shape index (κ1) is 22.5. The van der Waals surface area contributed by atoms with Gasteiger partial charge in [-0.1, -0.05) is 32.1 Å². The number of esters is 1. The maximum Gasteiger partial charge on any atom is 0.338 e. The molecule has 4 nitrogen and oxygen atoms in total. The van der Waals surface area contributed by atoms with Crippen molar-refractivity contribution in [1.29, 1.82) is 0 Å². The Hall–Kier alpha value is -2.21. The summed E-state index contributed by atoms with van der Waals surface area (Å²) in [6, 6.07) is 12.8. The molecule has 0 bridgehead atoms. The Kier molecular flexibility index (Phi) is 8.87. The molecule has 6 heteroatoms. The third kappa shape index (κ3) is 6.66. The molecule has 0 saturated heterocycles. The first-order valence-electron chi connectivity index (χ1n) is 10.8. The molecule has 0 radical (unpaired) electrons. The zero-order valence-electron chi connectivity index (χ0n) is 17.6. The Labute approximate surface area is 183 Å². The maximum absolute atomic E-state index is 12.8. The summed E-state index contributed by atoms with van der Waals surface area (Å²) in [7, 11) is 1.85. The minimum Gasteiger partial charge on any atom is -0.462 e. The van der Waals surface area contributed by atoms with Gasteiger partial charge in [0, 0.05) is 29.9 Å². The zero-order chi connectivity index (χ0) is 21.2. The van der Waals surface area contributed by atoms with Crippen molar-refractivity contribution in [1.82, 2.24) is 0 Å². The molecule has 162 valence electrons. The van der Waals surface area contributed by atoms with Crippen LogP contribution < -0.4 is 10.6 Å². The number of hydrogen-bond acceptors (Lipinski definition) is 5. The minimum absolute atomic E-state index is 0.226. The molecule has 2 N–H and O–H groups in total. The molecule has 0 spiro atoms. The van der Waals surface area contributed by atoms with Crippen molar-refractivity contribution in [3.63, 3.8) is 0 Å². The Balaban J connectivity index is 1.64. The number of anilines is 2. The average molecular weight is 431 g/mol. The summed E-state index contributed by atoms with van der Waals surface area (Å²) in [5.74, 6) is 0.208. The summed E-state index contributed by atoms with van der Waals surface area (Å²) < 4.78 is 18.3. The second-order valence-electron chi connectivity index (χ2n) is 7.89. The molecule has 2 aromatic carbocycles. The topological polar surface area (TPSA) is 50.4 Å². The Morgan fingerprint density at radius 1 is 1.03 bits per heavy atom. The SMILES string of the molecule is CNc1ccc(C(=O)OCC2CCCCCCC2)c(CNc2ccc(SF)cc2)c1. The van der Waals surface area contributed by atoms with Gasteiger partial charge in [-0.05, 0) is 66.8 Å². The van der Waals surface area contributed by atoms with Crippen molar-refractivity contribution in [2.45, 2.75) is 56.4 Å². The molecule has 0 heterocycles. The lowest BCUT2D eigenvalue weighted by molar-refractivity contribution is 0.0418. The number of benzene rings is 2. The first-order chi connectivity index (χ1) is 14.7. The van der Waals surface area contributed by atoms with Crippen LogP contribution in [0.25, 0.3) is 0 Å². The second kappa shape index (κ2) is 11.8. The predicted octanol–water partition coefficient (Wildman–Crippen LogP) is 6.83. The fourth-order valence-corrected chi connectivity index (χ4v) is 4.13. The highest BCUT2D eigenvalue weighted by Crippen LogP contribution is 2.25. The minimum atomic E-state index is -0.263. The smallest absolute Gasteiger partial charge is 0.338 e. The van der Waals surface area contributed by atoms with E-state index in [2.05, 4.69) is 10.6 Å². The summed E-state index contributed by atoms with van der Waals surface area (Å²) in [6.45, 7) is 0.980. The van der Waals surface area contributed by atoms with Crippen LogP contribution in [0, 0.1) is 5.92 Å². The summed E-state index contributed by atoms with van der Waals surface area (Å²) in [5, 5.41) is 6.43. The van der Waals surface area contributed by atoms with E-state index in [4.69, 9.17) is 4.74 Å². The highest BCUT2D eigenvalue weighted by atomic mass is 32.2. The lowest BCUT2D eigenvalue weighted by atomic mass is 9.92. The molecule has 1 aliphatic rings. The van der Waals surface area contributed by atoms with Gasteiger partial charge in [0.1, 0.15) is 0 Å². The number of halogens is 1. The fraction of sp³-hybridized carbons (Fsp3) is 0.458. The molecular formula is C24H31FN2O2S. The molecule has 1 fully saturated rings. The largest absolute Gasteiger partial charge is 0.462 e. The van der Waals surface area contributed by atoms with Gasteiger partial charge in [-0.3, -0.25) is 0 Å². The molecule has 30 heavy (non-hydrogen) atoms. The van der Waals surface area contributed by atoms with E-state index < -0.39 is 0 Å². The Morgan fingerprint density at radius 2 is 1.70 bits per heavy atom. The maximum atomic E-state index is 12.8. The fourth-order valence-electron chi connectivity index (χ4n) is 3.89. The van der Waals surface area contributed by atoms with Gasteiger partial charge in [0.2, 0.25) is 0 Å². The van der Waals surface area contributed by atoms with Crippen molar-refractivity contribution >= 4 is 29.5 Å². The summed E-state index contributed by atoms with van der Waals surface area (Å²) in [6.07, 6.45) is 8.66. The van der Waals surface area contributed by atoms with Gasteiger partial charge in [0.05, 0.1) is 24.3 Å². The van der Waals surface area contributed by atoms with E-state index in [9.17, 15) is 8.68 Å². The van der Waals surface area contributed by atoms with E-state index in [1.807, 2.05) is 37.4 Å². The van der Waals surface area contributed by atoms with E-state index >= 15 is 0 Å². The summed E-state index contributed by atoms with van der Waals surface area (Å²) in [5.41, 5.74) is 3.26. The van der Waals surface area contributed by atoms with Crippen LogP contribution in [0.5, 0.6) is 0 Å². The van der Waals surface area contributed by atoms with Gasteiger partial charge in [-0.2, -0.15) is 3.89 Å². The van der Waals surface area contributed by atoms with Crippen LogP contribution in [-0.2, 0) is 11.3 Å². The summed E-state index contributed by atoms with van der Waals surface area (Å²) in [4.78, 5) is 13.4. The molecule has 1 aliphatic carbocycles. The van der Waals surface area contributed by atoms with Crippen molar-refractivity contribution in [2.75, 3.05) is 24.3 Å². The van der Waals surface area contributed by atoms with Crippen LogP contribution in [0.1, 0.15) is 60.9 Å². The lowest BCUT2D eigenvalue weighted by Crippen LogP contribution is -2.17. The first-order valence-corrected chi connectivity index (χ1v) is 11.5. The van der Waals surface area contributed by atoms with E-state index in [-0.39, 0.29) is 18.1 Å². The van der Waals surface area contributed by atoms with Crippen LogP contribution in [-0.4, -0.2) is 19.6 Å². The lowest BCUT2D eigenvalue weighted by Gasteiger charge is -2.20. The standard InChI is InChI=1S/C24H31FN2O2S/c1-26-21-11-14-23(24(28)29-17-18-7-5-3-2-4-6-8-18)19(15-21)16-27-20-9-12-22(30-25)13-10-20/h9-15,18,26-27H,2-8,16-17H2,1H3. The van der Waals surface area contributed by atoms with E-state index in [0.29, 0.717) is 29.5 Å². The van der Waals surface area contributed by atoms with Crippen molar-refractivity contribution < 1.29 is 13.4 Å².